The zero-order chi connectivity index (χ0) is 18.0. The van der Waals surface area contributed by atoms with E-state index in [4.69, 9.17) is 14.2 Å². The van der Waals surface area contributed by atoms with Crippen molar-refractivity contribution in [1.82, 2.24) is 10.0 Å². The lowest BCUT2D eigenvalue weighted by Gasteiger charge is -2.13. The van der Waals surface area contributed by atoms with Crippen LogP contribution in [0.2, 0.25) is 0 Å². The maximum Gasteiger partial charge on any atom is 0.258 e. The van der Waals surface area contributed by atoms with Gasteiger partial charge in [-0.15, -0.1) is 0 Å². The van der Waals surface area contributed by atoms with Crippen molar-refractivity contribution in [3.05, 3.63) is 24.3 Å². The van der Waals surface area contributed by atoms with Crippen LogP contribution in [0.4, 0.5) is 0 Å². The summed E-state index contributed by atoms with van der Waals surface area (Å²) in [6, 6.07) is 5.70. The predicted molar refractivity (Wildman–Crippen MR) is 88.5 cm³/mol. The standard InChI is InChI=1S/C15H24N2O6S/c1-12(10-22-3)17-15(18)11-23-13-4-6-14(7-5-13)24(19,20)16-8-9-21-2/h4-7,12,16H,8-11H2,1-3H3,(H,17,18)/t12-/m1/s1. The predicted octanol–water partition coefficient (Wildman–Crippen LogP) is 0.141. The molecule has 1 amide bonds. The highest BCUT2D eigenvalue weighted by molar-refractivity contribution is 7.89. The van der Waals surface area contributed by atoms with E-state index in [1.807, 2.05) is 6.92 Å². The Kier molecular flexibility index (Phi) is 8.69. The van der Waals surface area contributed by atoms with Gasteiger partial charge in [-0.2, -0.15) is 0 Å². The normalized spacial score (nSPS) is 12.6. The lowest BCUT2D eigenvalue weighted by atomic mass is 10.3. The number of benzene rings is 1. The van der Waals surface area contributed by atoms with E-state index in [2.05, 4.69) is 10.0 Å². The van der Waals surface area contributed by atoms with E-state index in [0.29, 0.717) is 12.4 Å². The van der Waals surface area contributed by atoms with Gasteiger partial charge in [0, 0.05) is 26.8 Å². The summed E-state index contributed by atoms with van der Waals surface area (Å²) < 4.78 is 41.4. The van der Waals surface area contributed by atoms with Gasteiger partial charge in [0.05, 0.1) is 18.1 Å². The number of carbonyl (C=O) groups excluding carboxylic acids is 1. The first-order valence-electron chi connectivity index (χ1n) is 7.39. The lowest BCUT2D eigenvalue weighted by molar-refractivity contribution is -0.124. The number of carbonyl (C=O) groups is 1. The van der Waals surface area contributed by atoms with E-state index >= 15 is 0 Å². The summed E-state index contributed by atoms with van der Waals surface area (Å²) in [6.07, 6.45) is 0. The van der Waals surface area contributed by atoms with Crippen molar-refractivity contribution in [2.75, 3.05) is 40.6 Å². The molecule has 9 heteroatoms. The average molecular weight is 360 g/mol. The Labute approximate surface area is 142 Å². The average Bonchev–Trinajstić information content (AvgIpc) is 2.53. The molecule has 0 bridgehead atoms. The van der Waals surface area contributed by atoms with Gasteiger partial charge >= 0.3 is 0 Å². The van der Waals surface area contributed by atoms with Crippen LogP contribution in [-0.4, -0.2) is 61.0 Å². The molecular formula is C15H24N2O6S. The molecule has 1 aromatic carbocycles. The maximum atomic E-state index is 12.0. The van der Waals surface area contributed by atoms with E-state index in [1.165, 1.54) is 31.4 Å². The third-order valence-electron chi connectivity index (χ3n) is 2.93. The third-order valence-corrected chi connectivity index (χ3v) is 4.40. The largest absolute Gasteiger partial charge is 0.484 e. The summed E-state index contributed by atoms with van der Waals surface area (Å²) in [6.45, 7) is 2.55. The van der Waals surface area contributed by atoms with Gasteiger partial charge in [0.2, 0.25) is 10.0 Å². The van der Waals surface area contributed by atoms with Crippen molar-refractivity contribution in [3.63, 3.8) is 0 Å². The molecule has 1 atom stereocenters. The van der Waals surface area contributed by atoms with Gasteiger partial charge in [-0.25, -0.2) is 13.1 Å². The number of ether oxygens (including phenoxy) is 3. The summed E-state index contributed by atoms with van der Waals surface area (Å²) in [4.78, 5) is 11.8. The fourth-order valence-electron chi connectivity index (χ4n) is 1.83. The molecule has 136 valence electrons. The van der Waals surface area contributed by atoms with E-state index in [1.54, 1.807) is 7.11 Å². The summed E-state index contributed by atoms with van der Waals surface area (Å²) in [5.41, 5.74) is 0. The van der Waals surface area contributed by atoms with Crippen LogP contribution in [0, 0.1) is 0 Å². The molecule has 0 fully saturated rings. The molecule has 0 aromatic heterocycles. The summed E-state index contributed by atoms with van der Waals surface area (Å²) in [5.74, 6) is 0.123. The van der Waals surface area contributed by atoms with Crippen molar-refractivity contribution in [2.24, 2.45) is 0 Å². The second-order valence-electron chi connectivity index (χ2n) is 5.07. The summed E-state index contributed by atoms with van der Waals surface area (Å²) in [7, 11) is -0.534. The molecule has 0 saturated heterocycles. The molecule has 0 aliphatic heterocycles. The third kappa shape index (κ3) is 7.26. The molecule has 0 radical (unpaired) electrons. The van der Waals surface area contributed by atoms with Crippen LogP contribution in [0.15, 0.2) is 29.2 Å². The van der Waals surface area contributed by atoms with Crippen molar-refractivity contribution in [2.45, 2.75) is 17.9 Å². The monoisotopic (exact) mass is 360 g/mol. The minimum Gasteiger partial charge on any atom is -0.484 e. The van der Waals surface area contributed by atoms with E-state index in [-0.39, 0.29) is 36.6 Å². The Balaban J connectivity index is 2.51. The first-order valence-corrected chi connectivity index (χ1v) is 8.87. The van der Waals surface area contributed by atoms with Gasteiger partial charge in [0.15, 0.2) is 6.61 Å². The van der Waals surface area contributed by atoms with E-state index in [9.17, 15) is 13.2 Å². The fourth-order valence-corrected chi connectivity index (χ4v) is 2.85. The first-order chi connectivity index (χ1) is 11.4. The van der Waals surface area contributed by atoms with Gasteiger partial charge in [0.25, 0.3) is 5.91 Å². The van der Waals surface area contributed by atoms with Crippen LogP contribution in [0.3, 0.4) is 0 Å². The molecule has 0 spiro atoms. The Hall–Kier alpha value is -1.68. The van der Waals surface area contributed by atoms with Crippen molar-refractivity contribution < 1.29 is 27.4 Å². The van der Waals surface area contributed by atoms with Crippen LogP contribution in [0.5, 0.6) is 5.75 Å². The highest BCUT2D eigenvalue weighted by Gasteiger charge is 2.13. The zero-order valence-electron chi connectivity index (χ0n) is 14.1. The molecule has 0 aliphatic rings. The first kappa shape index (κ1) is 20.4. The molecule has 0 heterocycles. The Morgan fingerprint density at radius 1 is 1.17 bits per heavy atom. The molecule has 1 aromatic rings. The Bertz CT molecular complexity index is 603. The van der Waals surface area contributed by atoms with Crippen LogP contribution in [0.25, 0.3) is 0 Å². The number of amides is 1. The Morgan fingerprint density at radius 3 is 2.42 bits per heavy atom. The molecule has 0 unspecified atom stereocenters. The number of nitrogens with one attached hydrogen (secondary N) is 2. The minimum atomic E-state index is -3.58. The summed E-state index contributed by atoms with van der Waals surface area (Å²) in [5, 5.41) is 2.71. The second kappa shape index (κ2) is 10.2. The number of hydrogen-bond acceptors (Lipinski definition) is 6. The number of sulfonamides is 1. The molecule has 0 saturated carbocycles. The van der Waals surface area contributed by atoms with Crippen molar-refractivity contribution >= 4 is 15.9 Å². The van der Waals surface area contributed by atoms with Crippen LogP contribution < -0.4 is 14.8 Å². The quantitative estimate of drug-likeness (QED) is 0.544. The lowest BCUT2D eigenvalue weighted by Crippen LogP contribution is -2.38. The maximum absolute atomic E-state index is 12.0. The zero-order valence-corrected chi connectivity index (χ0v) is 14.9. The number of rotatable bonds is 11. The van der Waals surface area contributed by atoms with Crippen molar-refractivity contribution in [3.8, 4) is 5.75 Å². The van der Waals surface area contributed by atoms with E-state index < -0.39 is 10.0 Å². The van der Waals surface area contributed by atoms with E-state index in [0.717, 1.165) is 0 Å². The van der Waals surface area contributed by atoms with Gasteiger partial charge in [-0.1, -0.05) is 0 Å². The Morgan fingerprint density at radius 2 is 1.83 bits per heavy atom. The van der Waals surface area contributed by atoms with Crippen LogP contribution >= 0.6 is 0 Å². The fraction of sp³-hybridized carbons (Fsp3) is 0.533. The molecule has 2 N–H and O–H groups in total. The molecule has 24 heavy (non-hydrogen) atoms. The number of methoxy groups -OCH3 is 2. The highest BCUT2D eigenvalue weighted by atomic mass is 32.2. The minimum absolute atomic E-state index is 0.114. The topological polar surface area (TPSA) is 103 Å². The van der Waals surface area contributed by atoms with Gasteiger partial charge in [-0.3, -0.25) is 4.79 Å². The molecule has 0 aliphatic carbocycles. The SMILES string of the molecule is COCCNS(=O)(=O)c1ccc(OCC(=O)N[C@H](C)COC)cc1. The van der Waals surface area contributed by atoms with Crippen LogP contribution in [0.1, 0.15) is 6.92 Å². The molecule has 1 rings (SSSR count). The second-order valence-corrected chi connectivity index (χ2v) is 6.84. The number of hydrogen-bond donors (Lipinski definition) is 2. The summed E-state index contributed by atoms with van der Waals surface area (Å²) >= 11 is 0. The smallest absolute Gasteiger partial charge is 0.258 e. The van der Waals surface area contributed by atoms with Gasteiger partial charge < -0.3 is 19.5 Å². The highest BCUT2D eigenvalue weighted by Crippen LogP contribution is 2.15. The van der Waals surface area contributed by atoms with Gasteiger partial charge in [-0.05, 0) is 31.2 Å². The van der Waals surface area contributed by atoms with Gasteiger partial charge in [0.1, 0.15) is 5.75 Å². The van der Waals surface area contributed by atoms with Crippen LogP contribution in [-0.2, 0) is 24.3 Å². The van der Waals surface area contributed by atoms with Crippen molar-refractivity contribution in [1.29, 1.82) is 0 Å². The molecular weight excluding hydrogens is 336 g/mol. The molecule has 8 nitrogen and oxygen atoms in total.